The first-order chi connectivity index (χ1) is 13.6. The number of hydrogen-bond donors (Lipinski definition) is 1. The summed E-state index contributed by atoms with van der Waals surface area (Å²) in [5.41, 5.74) is 2.90. The predicted octanol–water partition coefficient (Wildman–Crippen LogP) is 2.19. The van der Waals surface area contributed by atoms with Gasteiger partial charge in [0.05, 0.1) is 32.7 Å². The van der Waals surface area contributed by atoms with Crippen LogP contribution in [0.4, 0.5) is 0 Å². The second kappa shape index (κ2) is 7.78. The molecule has 0 radical (unpaired) electrons. The Kier molecular flexibility index (Phi) is 5.20. The number of rotatable bonds is 4. The molecular formula is C22H23ClN3O2+. The number of piperazine rings is 1. The van der Waals surface area contributed by atoms with Crippen molar-refractivity contribution in [3.63, 3.8) is 0 Å². The molecule has 4 rings (SSSR count). The van der Waals surface area contributed by atoms with Gasteiger partial charge in [0, 0.05) is 22.3 Å². The van der Waals surface area contributed by atoms with Gasteiger partial charge in [0.1, 0.15) is 5.69 Å². The molecule has 1 fully saturated rings. The number of benzene rings is 1. The van der Waals surface area contributed by atoms with Crippen LogP contribution in [0.5, 0.6) is 0 Å². The third kappa shape index (κ3) is 3.43. The number of aromatic nitrogens is 1. The van der Waals surface area contributed by atoms with E-state index in [0.717, 1.165) is 36.3 Å². The summed E-state index contributed by atoms with van der Waals surface area (Å²) in [6.45, 7) is 6.19. The molecule has 1 aliphatic heterocycles. The van der Waals surface area contributed by atoms with Crippen LogP contribution in [0.3, 0.4) is 0 Å². The zero-order valence-corrected chi connectivity index (χ0v) is 16.6. The Balaban J connectivity index is 1.72. The fraction of sp³-hybridized carbons (Fsp3) is 0.273. The molecule has 144 valence electrons. The minimum absolute atomic E-state index is 0.410. The SMILES string of the molecule is CC[NH+]1CCN(C(=O)C(=O)c2c(-c3ccc(Cl)cc3)cc3ccccn23)CC1. The molecule has 5 nitrogen and oxygen atoms in total. The molecule has 3 aromatic rings. The Morgan fingerprint density at radius 2 is 1.79 bits per heavy atom. The van der Waals surface area contributed by atoms with E-state index in [1.807, 2.05) is 42.6 Å². The van der Waals surface area contributed by atoms with Gasteiger partial charge in [0.2, 0.25) is 0 Å². The maximum Gasteiger partial charge on any atom is 0.297 e. The normalized spacial score (nSPS) is 15.1. The molecule has 0 spiro atoms. The van der Waals surface area contributed by atoms with E-state index in [2.05, 4.69) is 6.92 Å². The van der Waals surface area contributed by atoms with E-state index >= 15 is 0 Å². The van der Waals surface area contributed by atoms with Crippen LogP contribution in [0, 0.1) is 0 Å². The molecular weight excluding hydrogens is 374 g/mol. The molecule has 0 atom stereocenters. The molecule has 1 amide bonds. The van der Waals surface area contributed by atoms with Gasteiger partial charge in [-0.2, -0.15) is 0 Å². The highest BCUT2D eigenvalue weighted by Gasteiger charge is 2.31. The van der Waals surface area contributed by atoms with Crippen molar-refractivity contribution >= 4 is 28.8 Å². The molecule has 28 heavy (non-hydrogen) atoms. The lowest BCUT2D eigenvalue weighted by Crippen LogP contribution is -3.14. The van der Waals surface area contributed by atoms with Gasteiger partial charge in [-0.15, -0.1) is 0 Å². The molecule has 6 heteroatoms. The number of amides is 1. The Labute approximate surface area is 169 Å². The van der Waals surface area contributed by atoms with Gasteiger partial charge in [-0.05, 0) is 42.8 Å². The fourth-order valence-electron chi connectivity index (χ4n) is 3.83. The lowest BCUT2D eigenvalue weighted by atomic mass is 10.0. The number of fused-ring (bicyclic) bond motifs is 1. The third-order valence-electron chi connectivity index (χ3n) is 5.50. The minimum atomic E-state index is -0.462. The van der Waals surface area contributed by atoms with Gasteiger partial charge < -0.3 is 14.2 Å². The first-order valence-corrected chi connectivity index (χ1v) is 9.99. The summed E-state index contributed by atoms with van der Waals surface area (Å²) in [6.07, 6.45) is 1.83. The summed E-state index contributed by atoms with van der Waals surface area (Å²) in [5, 5.41) is 0.632. The number of likely N-dealkylation sites (N-methyl/N-ethyl adjacent to an activating group) is 1. The van der Waals surface area contributed by atoms with Crippen molar-refractivity contribution in [1.82, 2.24) is 9.30 Å². The molecule has 0 saturated carbocycles. The lowest BCUT2D eigenvalue weighted by Gasteiger charge is -2.31. The zero-order chi connectivity index (χ0) is 19.7. The molecule has 0 bridgehead atoms. The van der Waals surface area contributed by atoms with Crippen molar-refractivity contribution in [2.45, 2.75) is 6.92 Å². The predicted molar refractivity (Wildman–Crippen MR) is 110 cm³/mol. The number of hydrogen-bond acceptors (Lipinski definition) is 2. The maximum atomic E-state index is 13.3. The van der Waals surface area contributed by atoms with Gasteiger partial charge in [-0.25, -0.2) is 0 Å². The van der Waals surface area contributed by atoms with Crippen LogP contribution < -0.4 is 4.90 Å². The molecule has 1 aromatic carbocycles. The molecule has 0 aliphatic carbocycles. The quantitative estimate of drug-likeness (QED) is 0.543. The van der Waals surface area contributed by atoms with E-state index in [9.17, 15) is 9.59 Å². The Bertz CT molecular complexity index is 1020. The number of nitrogens with zero attached hydrogens (tertiary/aromatic N) is 2. The van der Waals surface area contributed by atoms with Gasteiger partial charge >= 0.3 is 0 Å². The summed E-state index contributed by atoms with van der Waals surface area (Å²) in [6, 6.07) is 15.0. The summed E-state index contributed by atoms with van der Waals surface area (Å²) in [4.78, 5) is 29.4. The summed E-state index contributed by atoms with van der Waals surface area (Å²) in [5.74, 6) is -0.884. The van der Waals surface area contributed by atoms with Crippen LogP contribution in [0.15, 0.2) is 54.7 Å². The minimum Gasteiger partial charge on any atom is -0.332 e. The Hall–Kier alpha value is -2.63. The number of ketones is 1. The second-order valence-corrected chi connectivity index (χ2v) is 7.57. The first-order valence-electron chi connectivity index (χ1n) is 9.61. The molecule has 3 heterocycles. The molecule has 0 unspecified atom stereocenters. The number of carbonyl (C=O) groups excluding carboxylic acids is 2. The Morgan fingerprint density at radius 1 is 1.07 bits per heavy atom. The van der Waals surface area contributed by atoms with Crippen LogP contribution in [0.1, 0.15) is 17.4 Å². The average molecular weight is 397 g/mol. The molecule has 2 aromatic heterocycles. The number of pyridine rings is 1. The smallest absolute Gasteiger partial charge is 0.297 e. The molecule has 1 N–H and O–H groups in total. The second-order valence-electron chi connectivity index (χ2n) is 7.13. The zero-order valence-electron chi connectivity index (χ0n) is 15.8. The third-order valence-corrected chi connectivity index (χ3v) is 5.75. The van der Waals surface area contributed by atoms with Gasteiger partial charge in [-0.3, -0.25) is 9.59 Å². The number of halogens is 1. The van der Waals surface area contributed by atoms with Gasteiger partial charge in [0.15, 0.2) is 0 Å². The van der Waals surface area contributed by atoms with E-state index < -0.39 is 11.7 Å². The van der Waals surface area contributed by atoms with Crippen LogP contribution in [-0.4, -0.2) is 53.7 Å². The van der Waals surface area contributed by atoms with Crippen LogP contribution >= 0.6 is 11.6 Å². The largest absolute Gasteiger partial charge is 0.332 e. The summed E-state index contributed by atoms with van der Waals surface area (Å²) < 4.78 is 1.80. The van der Waals surface area contributed by atoms with E-state index in [1.165, 1.54) is 4.90 Å². The average Bonchev–Trinajstić information content (AvgIpc) is 3.12. The van der Waals surface area contributed by atoms with E-state index in [4.69, 9.17) is 11.6 Å². The number of carbonyl (C=O) groups is 2. The first kappa shape index (κ1) is 18.7. The highest BCUT2D eigenvalue weighted by Crippen LogP contribution is 2.29. The van der Waals surface area contributed by atoms with Gasteiger partial charge in [0.25, 0.3) is 11.7 Å². The highest BCUT2D eigenvalue weighted by atomic mass is 35.5. The van der Waals surface area contributed by atoms with Crippen molar-refractivity contribution in [2.24, 2.45) is 0 Å². The van der Waals surface area contributed by atoms with Crippen molar-refractivity contribution in [1.29, 1.82) is 0 Å². The van der Waals surface area contributed by atoms with Crippen molar-refractivity contribution in [3.05, 3.63) is 65.4 Å². The number of Topliss-reactive ketones (excluding diaryl/α,β-unsaturated/α-hetero) is 1. The summed E-state index contributed by atoms with van der Waals surface area (Å²) in [7, 11) is 0. The van der Waals surface area contributed by atoms with Crippen LogP contribution in [-0.2, 0) is 4.79 Å². The van der Waals surface area contributed by atoms with Crippen molar-refractivity contribution in [3.8, 4) is 11.1 Å². The Morgan fingerprint density at radius 3 is 2.46 bits per heavy atom. The highest BCUT2D eigenvalue weighted by molar-refractivity contribution is 6.43. The van der Waals surface area contributed by atoms with Crippen molar-refractivity contribution < 1.29 is 14.5 Å². The van der Waals surface area contributed by atoms with Gasteiger partial charge in [-0.1, -0.05) is 29.8 Å². The van der Waals surface area contributed by atoms with E-state index in [1.54, 1.807) is 21.4 Å². The molecule has 1 aliphatic rings. The lowest BCUT2D eigenvalue weighted by molar-refractivity contribution is -0.902. The van der Waals surface area contributed by atoms with Crippen LogP contribution in [0.2, 0.25) is 5.02 Å². The fourth-order valence-corrected chi connectivity index (χ4v) is 3.96. The van der Waals surface area contributed by atoms with E-state index in [0.29, 0.717) is 23.8 Å². The standard InChI is InChI=1S/C22H22ClN3O2/c1-2-24-11-13-25(14-12-24)22(28)21(27)20-19(16-6-8-17(23)9-7-16)15-18-5-3-4-10-26(18)20/h3-10,15H,2,11-14H2,1H3/p+1. The number of quaternary nitrogens is 1. The number of nitrogens with one attached hydrogen (secondary N) is 1. The topological polar surface area (TPSA) is 46.2 Å². The summed E-state index contributed by atoms with van der Waals surface area (Å²) >= 11 is 6.02. The molecule has 1 saturated heterocycles. The van der Waals surface area contributed by atoms with E-state index in [-0.39, 0.29) is 0 Å². The van der Waals surface area contributed by atoms with Crippen molar-refractivity contribution in [2.75, 3.05) is 32.7 Å². The van der Waals surface area contributed by atoms with Crippen LogP contribution in [0.25, 0.3) is 16.6 Å². The maximum absolute atomic E-state index is 13.3. The monoisotopic (exact) mass is 396 g/mol.